The SMILES string of the molecule is CC(NC(=O)OC(C)(C)C)c1ccc(-c2scnc2CN2C(=O)c3ccccc3C2=O)cc1. The maximum absolute atomic E-state index is 12.7. The van der Waals surface area contributed by atoms with Crippen LogP contribution in [0.2, 0.25) is 0 Å². The van der Waals surface area contributed by atoms with Crippen molar-refractivity contribution in [1.29, 1.82) is 0 Å². The summed E-state index contributed by atoms with van der Waals surface area (Å²) in [5, 5.41) is 2.83. The number of hydrogen-bond acceptors (Lipinski definition) is 6. The molecule has 0 aliphatic carbocycles. The van der Waals surface area contributed by atoms with Gasteiger partial charge in [-0.3, -0.25) is 14.5 Å². The van der Waals surface area contributed by atoms with E-state index in [1.807, 2.05) is 52.0 Å². The lowest BCUT2D eigenvalue weighted by atomic mass is 10.0. The third-order valence-electron chi connectivity index (χ3n) is 5.23. The molecule has 1 aliphatic rings. The van der Waals surface area contributed by atoms with Gasteiger partial charge in [-0.1, -0.05) is 36.4 Å². The Morgan fingerprint density at radius 1 is 1.06 bits per heavy atom. The molecule has 0 bridgehead atoms. The number of carbonyl (C=O) groups is 3. The quantitative estimate of drug-likeness (QED) is 0.526. The highest BCUT2D eigenvalue weighted by Gasteiger charge is 2.35. The Morgan fingerprint density at radius 2 is 1.67 bits per heavy atom. The van der Waals surface area contributed by atoms with E-state index in [9.17, 15) is 14.4 Å². The predicted molar refractivity (Wildman–Crippen MR) is 126 cm³/mol. The van der Waals surface area contributed by atoms with Gasteiger partial charge in [0.2, 0.25) is 0 Å². The molecule has 4 rings (SSSR count). The highest BCUT2D eigenvalue weighted by molar-refractivity contribution is 7.13. The molecule has 1 aliphatic heterocycles. The largest absolute Gasteiger partial charge is 0.444 e. The van der Waals surface area contributed by atoms with Crippen LogP contribution in [0, 0.1) is 0 Å². The van der Waals surface area contributed by atoms with Gasteiger partial charge in [0.25, 0.3) is 11.8 Å². The first-order valence-corrected chi connectivity index (χ1v) is 11.5. The van der Waals surface area contributed by atoms with Gasteiger partial charge in [0.1, 0.15) is 5.60 Å². The number of fused-ring (bicyclic) bond motifs is 1. The van der Waals surface area contributed by atoms with Gasteiger partial charge in [-0.05, 0) is 51.0 Å². The lowest BCUT2D eigenvalue weighted by Crippen LogP contribution is -2.34. The first-order chi connectivity index (χ1) is 15.6. The summed E-state index contributed by atoms with van der Waals surface area (Å²) in [4.78, 5) is 44.0. The number of ether oxygens (including phenoxy) is 1. The van der Waals surface area contributed by atoms with E-state index >= 15 is 0 Å². The van der Waals surface area contributed by atoms with Gasteiger partial charge in [0, 0.05) is 0 Å². The highest BCUT2D eigenvalue weighted by Crippen LogP contribution is 2.32. The Hall–Kier alpha value is -3.52. The Balaban J connectivity index is 1.48. The minimum atomic E-state index is -0.560. The standard InChI is InChI=1S/C25H25N3O4S/c1-15(27-24(31)32-25(2,3)4)16-9-11-17(12-10-16)21-20(26-14-33-21)13-28-22(29)18-7-5-6-8-19(18)23(28)30/h5-12,14-15H,13H2,1-4H3,(H,27,31). The second-order valence-electron chi connectivity index (χ2n) is 8.86. The summed E-state index contributed by atoms with van der Waals surface area (Å²) in [7, 11) is 0. The molecule has 1 aromatic heterocycles. The van der Waals surface area contributed by atoms with Crippen LogP contribution in [0.4, 0.5) is 4.79 Å². The number of rotatable bonds is 5. The number of carbonyl (C=O) groups excluding carboxylic acids is 3. The molecule has 0 radical (unpaired) electrons. The van der Waals surface area contributed by atoms with E-state index in [0.717, 1.165) is 16.0 Å². The average Bonchev–Trinajstić information content (AvgIpc) is 3.32. The molecule has 1 N–H and O–H groups in total. The van der Waals surface area contributed by atoms with Gasteiger partial charge in [-0.2, -0.15) is 0 Å². The number of imide groups is 1. The normalized spacial score (nSPS) is 14.2. The molecule has 0 fully saturated rings. The average molecular weight is 464 g/mol. The maximum Gasteiger partial charge on any atom is 0.408 e. The van der Waals surface area contributed by atoms with Crippen molar-refractivity contribution < 1.29 is 19.1 Å². The lowest BCUT2D eigenvalue weighted by molar-refractivity contribution is 0.0506. The minimum absolute atomic E-state index is 0.115. The van der Waals surface area contributed by atoms with E-state index in [1.165, 1.54) is 16.2 Å². The molecule has 33 heavy (non-hydrogen) atoms. The number of hydrogen-bond donors (Lipinski definition) is 1. The summed E-state index contributed by atoms with van der Waals surface area (Å²) in [5.41, 5.74) is 4.53. The zero-order valence-corrected chi connectivity index (χ0v) is 19.7. The Bertz CT molecular complexity index is 1180. The summed E-state index contributed by atoms with van der Waals surface area (Å²) in [6.45, 7) is 7.46. The summed E-state index contributed by atoms with van der Waals surface area (Å²) in [5.74, 6) is -0.598. The van der Waals surface area contributed by atoms with E-state index in [2.05, 4.69) is 10.3 Å². The summed E-state index contributed by atoms with van der Waals surface area (Å²) < 4.78 is 5.32. The van der Waals surface area contributed by atoms with Gasteiger partial charge in [0.05, 0.1) is 39.8 Å². The van der Waals surface area contributed by atoms with Crippen molar-refractivity contribution in [2.45, 2.75) is 45.9 Å². The van der Waals surface area contributed by atoms with Crippen molar-refractivity contribution in [3.63, 3.8) is 0 Å². The van der Waals surface area contributed by atoms with Crippen LogP contribution in [0.3, 0.4) is 0 Å². The summed E-state index contributed by atoms with van der Waals surface area (Å²) in [6, 6.07) is 14.4. The zero-order valence-electron chi connectivity index (χ0n) is 18.9. The van der Waals surface area contributed by atoms with Crippen molar-refractivity contribution in [2.24, 2.45) is 0 Å². The molecule has 3 aromatic rings. The second-order valence-corrected chi connectivity index (χ2v) is 9.71. The van der Waals surface area contributed by atoms with Gasteiger partial charge in [-0.15, -0.1) is 11.3 Å². The van der Waals surface area contributed by atoms with Crippen molar-refractivity contribution >= 4 is 29.2 Å². The van der Waals surface area contributed by atoms with E-state index in [4.69, 9.17) is 4.74 Å². The second kappa shape index (κ2) is 8.78. The third kappa shape index (κ3) is 4.80. The van der Waals surface area contributed by atoms with Crippen molar-refractivity contribution in [3.05, 3.63) is 76.4 Å². The van der Waals surface area contributed by atoms with E-state index in [0.29, 0.717) is 16.8 Å². The molecular formula is C25H25N3O4S. The molecule has 0 saturated carbocycles. The topological polar surface area (TPSA) is 88.6 Å². The van der Waals surface area contributed by atoms with Crippen LogP contribution in [0.1, 0.15) is 65.7 Å². The molecular weight excluding hydrogens is 438 g/mol. The number of alkyl carbamates (subject to hydrolysis) is 1. The molecule has 3 amide bonds. The van der Waals surface area contributed by atoms with E-state index in [1.54, 1.807) is 29.8 Å². The number of nitrogens with one attached hydrogen (secondary N) is 1. The van der Waals surface area contributed by atoms with E-state index in [-0.39, 0.29) is 24.4 Å². The highest BCUT2D eigenvalue weighted by atomic mass is 32.1. The lowest BCUT2D eigenvalue weighted by Gasteiger charge is -2.22. The number of amides is 3. The summed E-state index contributed by atoms with van der Waals surface area (Å²) >= 11 is 1.45. The van der Waals surface area contributed by atoms with Gasteiger partial charge >= 0.3 is 6.09 Å². The van der Waals surface area contributed by atoms with Gasteiger partial charge in [0.15, 0.2) is 0 Å². The van der Waals surface area contributed by atoms with Crippen molar-refractivity contribution in [1.82, 2.24) is 15.2 Å². The van der Waals surface area contributed by atoms with Crippen LogP contribution >= 0.6 is 11.3 Å². The first kappa shape index (κ1) is 22.7. The number of thiazole rings is 1. The van der Waals surface area contributed by atoms with Crippen LogP contribution in [0.15, 0.2) is 54.0 Å². The molecule has 0 spiro atoms. The Kier molecular flexibility index (Phi) is 6.03. The Morgan fingerprint density at radius 3 is 2.24 bits per heavy atom. The van der Waals surface area contributed by atoms with Gasteiger partial charge in [-0.25, -0.2) is 9.78 Å². The predicted octanol–water partition coefficient (Wildman–Crippen LogP) is 5.19. The molecule has 2 heterocycles. The summed E-state index contributed by atoms with van der Waals surface area (Å²) in [6.07, 6.45) is -0.468. The monoisotopic (exact) mass is 463 g/mol. The number of benzene rings is 2. The van der Waals surface area contributed by atoms with Crippen LogP contribution < -0.4 is 5.32 Å². The van der Waals surface area contributed by atoms with Gasteiger partial charge < -0.3 is 10.1 Å². The molecule has 2 aromatic carbocycles. The van der Waals surface area contributed by atoms with Crippen LogP contribution in [-0.2, 0) is 11.3 Å². The van der Waals surface area contributed by atoms with Crippen LogP contribution in [0.5, 0.6) is 0 Å². The molecule has 0 saturated heterocycles. The van der Waals surface area contributed by atoms with Crippen molar-refractivity contribution in [2.75, 3.05) is 0 Å². The first-order valence-electron chi connectivity index (χ1n) is 10.6. The zero-order chi connectivity index (χ0) is 23.8. The van der Waals surface area contributed by atoms with E-state index < -0.39 is 11.7 Å². The third-order valence-corrected chi connectivity index (χ3v) is 6.15. The fourth-order valence-corrected chi connectivity index (χ4v) is 4.45. The molecule has 8 heteroatoms. The fraction of sp³-hybridized carbons (Fsp3) is 0.280. The van der Waals surface area contributed by atoms with Crippen molar-refractivity contribution in [3.8, 4) is 10.4 Å². The smallest absolute Gasteiger partial charge is 0.408 e. The maximum atomic E-state index is 12.7. The number of aromatic nitrogens is 1. The van der Waals surface area contributed by atoms with Crippen LogP contribution in [-0.4, -0.2) is 33.4 Å². The molecule has 7 nitrogen and oxygen atoms in total. The fourth-order valence-electron chi connectivity index (χ4n) is 3.64. The number of nitrogens with zero attached hydrogens (tertiary/aromatic N) is 2. The minimum Gasteiger partial charge on any atom is -0.444 e. The molecule has 1 atom stereocenters. The Labute approximate surface area is 196 Å². The molecule has 170 valence electrons. The van der Waals surface area contributed by atoms with Crippen LogP contribution in [0.25, 0.3) is 10.4 Å². The molecule has 1 unspecified atom stereocenters.